The molecule has 0 aromatic heterocycles. The molecule has 2 aromatic carbocycles. The van der Waals surface area contributed by atoms with E-state index in [2.05, 4.69) is 10.2 Å². The summed E-state index contributed by atoms with van der Waals surface area (Å²) in [5.41, 5.74) is 2.45. The second kappa shape index (κ2) is 7.90. The van der Waals surface area contributed by atoms with E-state index in [-0.39, 0.29) is 18.2 Å². The third kappa shape index (κ3) is 3.66. The summed E-state index contributed by atoms with van der Waals surface area (Å²) in [4.78, 5) is 28.8. The van der Waals surface area contributed by atoms with Crippen molar-refractivity contribution in [1.29, 1.82) is 0 Å². The topological polar surface area (TPSA) is 71.1 Å². The molecule has 4 rings (SSSR count). The normalized spacial score (nSPS) is 19.8. The van der Waals surface area contributed by atoms with Crippen LogP contribution in [0.4, 0.5) is 17.1 Å². The van der Waals surface area contributed by atoms with Gasteiger partial charge in [0.25, 0.3) is 5.91 Å². The van der Waals surface area contributed by atoms with Crippen LogP contribution in [0, 0.1) is 0 Å². The van der Waals surface area contributed by atoms with Crippen LogP contribution in [-0.2, 0) is 14.3 Å². The molecule has 1 unspecified atom stereocenters. The first-order chi connectivity index (χ1) is 13.7. The first-order valence-corrected chi connectivity index (χ1v) is 9.36. The fourth-order valence-corrected chi connectivity index (χ4v) is 3.54. The molecule has 0 saturated carbocycles. The number of nitrogens with zero attached hydrogens (tertiary/aromatic N) is 2. The van der Waals surface area contributed by atoms with Gasteiger partial charge in [0.2, 0.25) is 5.91 Å². The minimum absolute atomic E-state index is 0.135. The largest absolute Gasteiger partial charge is 0.497 e. The zero-order valence-corrected chi connectivity index (χ0v) is 15.8. The summed E-state index contributed by atoms with van der Waals surface area (Å²) in [5, 5.41) is 3.15. The number of benzene rings is 2. The van der Waals surface area contributed by atoms with Crippen molar-refractivity contribution in [3.05, 3.63) is 48.5 Å². The number of amides is 2. The van der Waals surface area contributed by atoms with Crippen molar-refractivity contribution in [2.24, 2.45) is 0 Å². The van der Waals surface area contributed by atoms with Gasteiger partial charge in [0.1, 0.15) is 11.8 Å². The van der Waals surface area contributed by atoms with Crippen molar-refractivity contribution in [3.63, 3.8) is 0 Å². The summed E-state index contributed by atoms with van der Waals surface area (Å²) in [6.07, 6.45) is 0.135. The summed E-state index contributed by atoms with van der Waals surface area (Å²) in [5.74, 6) is 0.302. The number of methoxy groups -OCH3 is 1. The van der Waals surface area contributed by atoms with E-state index in [1.807, 2.05) is 48.5 Å². The standard InChI is InChI=1S/C21H23N3O4/c1-27-18-8-2-15(3-9-18)22-19-14-20(25)24(21(19)26)17-6-4-16(5-7-17)23-10-12-28-13-11-23/h2-9,19,22H,10-14H2,1H3. The highest BCUT2D eigenvalue weighted by Gasteiger charge is 2.39. The number of anilines is 3. The minimum atomic E-state index is -0.570. The lowest BCUT2D eigenvalue weighted by atomic mass is 10.2. The summed E-state index contributed by atoms with van der Waals surface area (Å²) in [6.45, 7) is 3.11. The Balaban J connectivity index is 1.45. The Morgan fingerprint density at radius 1 is 0.964 bits per heavy atom. The Hall–Kier alpha value is -3.06. The molecule has 2 aliphatic rings. The third-order valence-corrected chi connectivity index (χ3v) is 5.06. The Kier molecular flexibility index (Phi) is 5.16. The van der Waals surface area contributed by atoms with E-state index < -0.39 is 6.04 Å². The first-order valence-electron chi connectivity index (χ1n) is 9.36. The Labute approximate surface area is 163 Å². The summed E-state index contributed by atoms with van der Waals surface area (Å²) < 4.78 is 10.5. The van der Waals surface area contributed by atoms with Crippen molar-refractivity contribution in [1.82, 2.24) is 0 Å². The molecule has 146 valence electrons. The maximum absolute atomic E-state index is 12.8. The molecule has 2 heterocycles. The zero-order chi connectivity index (χ0) is 19.5. The van der Waals surface area contributed by atoms with E-state index in [1.165, 1.54) is 4.90 Å². The monoisotopic (exact) mass is 381 g/mol. The molecule has 2 saturated heterocycles. The fourth-order valence-electron chi connectivity index (χ4n) is 3.54. The molecular formula is C21H23N3O4. The number of hydrogen-bond donors (Lipinski definition) is 1. The highest BCUT2D eigenvalue weighted by Crippen LogP contribution is 2.28. The second-order valence-electron chi connectivity index (χ2n) is 6.81. The maximum Gasteiger partial charge on any atom is 0.256 e. The molecule has 1 atom stereocenters. The third-order valence-electron chi connectivity index (χ3n) is 5.06. The lowest BCUT2D eigenvalue weighted by Crippen LogP contribution is -2.36. The molecule has 0 aliphatic carbocycles. The van der Waals surface area contributed by atoms with Crippen LogP contribution in [0.5, 0.6) is 5.75 Å². The van der Waals surface area contributed by atoms with Crippen LogP contribution in [0.25, 0.3) is 0 Å². The van der Waals surface area contributed by atoms with Gasteiger partial charge in [-0.25, -0.2) is 4.90 Å². The molecule has 7 heteroatoms. The van der Waals surface area contributed by atoms with Crippen molar-refractivity contribution < 1.29 is 19.1 Å². The van der Waals surface area contributed by atoms with Gasteiger partial charge in [0.05, 0.1) is 32.4 Å². The van der Waals surface area contributed by atoms with E-state index in [1.54, 1.807) is 7.11 Å². The van der Waals surface area contributed by atoms with Crippen molar-refractivity contribution in [2.45, 2.75) is 12.5 Å². The number of carbonyl (C=O) groups is 2. The number of imide groups is 1. The van der Waals surface area contributed by atoms with E-state index >= 15 is 0 Å². The van der Waals surface area contributed by atoms with Crippen molar-refractivity contribution in [3.8, 4) is 5.75 Å². The van der Waals surface area contributed by atoms with Gasteiger partial charge < -0.3 is 19.7 Å². The van der Waals surface area contributed by atoms with Crippen LogP contribution in [0.3, 0.4) is 0 Å². The lowest BCUT2D eigenvalue weighted by molar-refractivity contribution is -0.121. The SMILES string of the molecule is COc1ccc(NC2CC(=O)N(c3ccc(N4CCOCC4)cc3)C2=O)cc1. The highest BCUT2D eigenvalue weighted by atomic mass is 16.5. The zero-order valence-electron chi connectivity index (χ0n) is 15.8. The van der Waals surface area contributed by atoms with Crippen LogP contribution in [0.15, 0.2) is 48.5 Å². The molecule has 2 aliphatic heterocycles. The predicted molar refractivity (Wildman–Crippen MR) is 107 cm³/mol. The second-order valence-corrected chi connectivity index (χ2v) is 6.81. The number of nitrogens with one attached hydrogen (secondary N) is 1. The molecule has 2 amide bonds. The number of morpholine rings is 1. The molecule has 0 radical (unpaired) electrons. The lowest BCUT2D eigenvalue weighted by Gasteiger charge is -2.29. The molecular weight excluding hydrogens is 358 g/mol. The predicted octanol–water partition coefficient (Wildman–Crippen LogP) is 2.28. The van der Waals surface area contributed by atoms with Gasteiger partial charge in [0, 0.05) is 24.5 Å². The van der Waals surface area contributed by atoms with Gasteiger partial charge in [-0.2, -0.15) is 0 Å². The number of rotatable bonds is 5. The highest BCUT2D eigenvalue weighted by molar-refractivity contribution is 6.23. The van der Waals surface area contributed by atoms with Gasteiger partial charge in [-0.15, -0.1) is 0 Å². The van der Waals surface area contributed by atoms with E-state index in [0.717, 1.165) is 30.2 Å². The van der Waals surface area contributed by atoms with Crippen LogP contribution in [0.2, 0.25) is 0 Å². The van der Waals surface area contributed by atoms with E-state index in [4.69, 9.17) is 9.47 Å². The van der Waals surface area contributed by atoms with Gasteiger partial charge in [-0.3, -0.25) is 9.59 Å². The quantitative estimate of drug-likeness (QED) is 0.802. The van der Waals surface area contributed by atoms with Crippen molar-refractivity contribution >= 4 is 28.9 Å². The average Bonchev–Trinajstić information content (AvgIpc) is 3.02. The Bertz CT molecular complexity index is 845. The fraction of sp³-hybridized carbons (Fsp3) is 0.333. The summed E-state index contributed by atoms with van der Waals surface area (Å²) in [6, 6.07) is 14.3. The Morgan fingerprint density at radius 3 is 2.25 bits per heavy atom. The molecule has 1 N–H and O–H groups in total. The van der Waals surface area contributed by atoms with Gasteiger partial charge in [0.15, 0.2) is 0 Å². The first kappa shape index (κ1) is 18.3. The van der Waals surface area contributed by atoms with Crippen LogP contribution < -0.4 is 19.9 Å². The van der Waals surface area contributed by atoms with Gasteiger partial charge in [-0.1, -0.05) is 0 Å². The molecule has 28 heavy (non-hydrogen) atoms. The van der Waals surface area contributed by atoms with Crippen molar-refractivity contribution in [2.75, 3.05) is 48.5 Å². The average molecular weight is 381 g/mol. The smallest absolute Gasteiger partial charge is 0.256 e. The van der Waals surface area contributed by atoms with Crippen LogP contribution in [0.1, 0.15) is 6.42 Å². The molecule has 7 nitrogen and oxygen atoms in total. The maximum atomic E-state index is 12.8. The summed E-state index contributed by atoms with van der Waals surface area (Å²) in [7, 11) is 1.60. The van der Waals surface area contributed by atoms with E-state index in [9.17, 15) is 9.59 Å². The minimum Gasteiger partial charge on any atom is -0.497 e. The van der Waals surface area contributed by atoms with Gasteiger partial charge >= 0.3 is 0 Å². The number of carbonyl (C=O) groups excluding carboxylic acids is 2. The number of ether oxygens (including phenoxy) is 2. The van der Waals surface area contributed by atoms with Crippen LogP contribution in [-0.4, -0.2) is 51.3 Å². The molecule has 2 aromatic rings. The summed E-state index contributed by atoms with van der Waals surface area (Å²) >= 11 is 0. The molecule has 0 bridgehead atoms. The van der Waals surface area contributed by atoms with Gasteiger partial charge in [-0.05, 0) is 48.5 Å². The molecule has 2 fully saturated rings. The molecule has 0 spiro atoms. The van der Waals surface area contributed by atoms with E-state index in [0.29, 0.717) is 18.9 Å². The van der Waals surface area contributed by atoms with Crippen LogP contribution >= 0.6 is 0 Å². The Morgan fingerprint density at radius 2 is 1.61 bits per heavy atom. The number of hydrogen-bond acceptors (Lipinski definition) is 6.